The Morgan fingerprint density at radius 1 is 1.43 bits per heavy atom. The molecular formula is C16H23N3O2. The van der Waals surface area contributed by atoms with Crippen LogP contribution in [0.4, 0.5) is 0 Å². The van der Waals surface area contributed by atoms with Crippen LogP contribution in [-0.4, -0.2) is 49.8 Å². The molecule has 0 spiro atoms. The van der Waals surface area contributed by atoms with Gasteiger partial charge in [-0.05, 0) is 31.0 Å². The number of morpholine rings is 1. The fourth-order valence-electron chi connectivity index (χ4n) is 2.73. The van der Waals surface area contributed by atoms with Gasteiger partial charge in [0.25, 0.3) is 0 Å². The predicted octanol–water partition coefficient (Wildman–Crippen LogP) is 1.59. The third-order valence-electron chi connectivity index (χ3n) is 3.99. The third kappa shape index (κ3) is 3.47. The molecule has 1 aromatic rings. The Morgan fingerprint density at radius 3 is 3.00 bits per heavy atom. The molecule has 0 bridgehead atoms. The van der Waals surface area contributed by atoms with Gasteiger partial charge < -0.3 is 20.1 Å². The van der Waals surface area contributed by atoms with Gasteiger partial charge in [0.15, 0.2) is 5.96 Å². The van der Waals surface area contributed by atoms with Gasteiger partial charge in [-0.25, -0.2) is 4.99 Å². The third-order valence-corrected chi connectivity index (χ3v) is 3.99. The van der Waals surface area contributed by atoms with E-state index >= 15 is 0 Å². The highest BCUT2D eigenvalue weighted by Crippen LogP contribution is 2.44. The van der Waals surface area contributed by atoms with Gasteiger partial charge >= 0.3 is 0 Å². The number of nitrogens with zero attached hydrogens (tertiary/aromatic N) is 2. The predicted molar refractivity (Wildman–Crippen MR) is 82.8 cm³/mol. The SMILES string of the molecule is CCOc1cccc([C@@H]2C[C@H]2N=C(N)N2CCOCC2)c1. The van der Waals surface area contributed by atoms with Crippen molar-refractivity contribution in [3.05, 3.63) is 29.8 Å². The Labute approximate surface area is 125 Å². The monoisotopic (exact) mass is 289 g/mol. The lowest BCUT2D eigenvalue weighted by atomic mass is 10.1. The molecule has 1 aliphatic heterocycles. The van der Waals surface area contributed by atoms with Crippen molar-refractivity contribution < 1.29 is 9.47 Å². The Bertz CT molecular complexity index is 512. The number of aliphatic imine (C=N–C) groups is 1. The summed E-state index contributed by atoms with van der Waals surface area (Å²) >= 11 is 0. The fourth-order valence-corrected chi connectivity index (χ4v) is 2.73. The molecular weight excluding hydrogens is 266 g/mol. The van der Waals surface area contributed by atoms with Crippen molar-refractivity contribution in [1.82, 2.24) is 4.90 Å². The second-order valence-electron chi connectivity index (χ2n) is 5.50. The van der Waals surface area contributed by atoms with Crippen LogP contribution in [0.15, 0.2) is 29.3 Å². The van der Waals surface area contributed by atoms with E-state index in [1.54, 1.807) is 0 Å². The summed E-state index contributed by atoms with van der Waals surface area (Å²) in [5.74, 6) is 2.07. The minimum absolute atomic E-state index is 0.310. The van der Waals surface area contributed by atoms with Crippen LogP contribution in [0.2, 0.25) is 0 Å². The van der Waals surface area contributed by atoms with Crippen molar-refractivity contribution in [2.45, 2.75) is 25.3 Å². The van der Waals surface area contributed by atoms with Crippen LogP contribution in [-0.2, 0) is 4.74 Å². The van der Waals surface area contributed by atoms with Crippen molar-refractivity contribution in [3.8, 4) is 5.75 Å². The molecule has 5 heteroatoms. The van der Waals surface area contributed by atoms with E-state index in [0.717, 1.165) is 38.5 Å². The van der Waals surface area contributed by atoms with E-state index < -0.39 is 0 Å². The highest BCUT2D eigenvalue weighted by atomic mass is 16.5. The summed E-state index contributed by atoms with van der Waals surface area (Å²) in [7, 11) is 0. The van der Waals surface area contributed by atoms with Crippen molar-refractivity contribution in [3.63, 3.8) is 0 Å². The summed E-state index contributed by atoms with van der Waals surface area (Å²) in [4.78, 5) is 6.78. The zero-order valence-electron chi connectivity index (χ0n) is 12.5. The Morgan fingerprint density at radius 2 is 2.24 bits per heavy atom. The van der Waals surface area contributed by atoms with Crippen molar-refractivity contribution >= 4 is 5.96 Å². The first-order valence-electron chi connectivity index (χ1n) is 7.66. The number of ether oxygens (including phenoxy) is 2. The molecule has 1 saturated carbocycles. The molecule has 2 aliphatic rings. The molecule has 1 saturated heterocycles. The van der Waals surface area contributed by atoms with Gasteiger partial charge in [0.2, 0.25) is 0 Å². The molecule has 1 aliphatic carbocycles. The Balaban J connectivity index is 1.61. The maximum atomic E-state index is 6.10. The van der Waals surface area contributed by atoms with E-state index in [1.165, 1.54) is 5.56 Å². The Kier molecular flexibility index (Phi) is 4.29. The average Bonchev–Trinajstić information content (AvgIpc) is 3.28. The van der Waals surface area contributed by atoms with Gasteiger partial charge in [-0.3, -0.25) is 0 Å². The molecule has 2 atom stereocenters. The van der Waals surface area contributed by atoms with E-state index in [2.05, 4.69) is 22.0 Å². The lowest BCUT2D eigenvalue weighted by Gasteiger charge is -2.27. The molecule has 0 amide bonds. The minimum atomic E-state index is 0.310. The quantitative estimate of drug-likeness (QED) is 0.675. The fraction of sp³-hybridized carbons (Fsp3) is 0.562. The summed E-state index contributed by atoms with van der Waals surface area (Å²) in [6, 6.07) is 8.62. The van der Waals surface area contributed by atoms with Crippen LogP contribution in [0.3, 0.4) is 0 Å². The smallest absolute Gasteiger partial charge is 0.191 e. The molecule has 1 heterocycles. The first kappa shape index (κ1) is 14.2. The van der Waals surface area contributed by atoms with Crippen LogP contribution in [0, 0.1) is 0 Å². The van der Waals surface area contributed by atoms with E-state index in [4.69, 9.17) is 15.2 Å². The summed E-state index contributed by atoms with van der Waals surface area (Å²) in [5.41, 5.74) is 7.40. The number of rotatable bonds is 4. The summed E-state index contributed by atoms with van der Waals surface area (Å²) in [6.45, 7) is 5.85. The van der Waals surface area contributed by atoms with E-state index in [9.17, 15) is 0 Å². The van der Waals surface area contributed by atoms with Crippen LogP contribution in [0.5, 0.6) is 5.75 Å². The topological polar surface area (TPSA) is 60.1 Å². The van der Waals surface area contributed by atoms with E-state index in [-0.39, 0.29) is 0 Å². The summed E-state index contributed by atoms with van der Waals surface area (Å²) < 4.78 is 10.9. The second-order valence-corrected chi connectivity index (χ2v) is 5.50. The van der Waals surface area contributed by atoms with Crippen molar-refractivity contribution in [1.29, 1.82) is 0 Å². The molecule has 2 N–H and O–H groups in total. The molecule has 0 unspecified atom stereocenters. The number of hydrogen-bond donors (Lipinski definition) is 1. The van der Waals surface area contributed by atoms with Gasteiger partial charge in [0, 0.05) is 19.0 Å². The highest BCUT2D eigenvalue weighted by Gasteiger charge is 2.39. The number of hydrogen-bond acceptors (Lipinski definition) is 3. The molecule has 2 fully saturated rings. The molecule has 3 rings (SSSR count). The van der Waals surface area contributed by atoms with Crippen molar-refractivity contribution in [2.24, 2.45) is 10.7 Å². The highest BCUT2D eigenvalue weighted by molar-refractivity contribution is 5.78. The summed E-state index contributed by atoms with van der Waals surface area (Å²) in [5, 5.41) is 0. The average molecular weight is 289 g/mol. The summed E-state index contributed by atoms with van der Waals surface area (Å²) in [6.07, 6.45) is 1.07. The number of nitrogens with two attached hydrogens (primary N) is 1. The molecule has 5 nitrogen and oxygen atoms in total. The normalized spacial score (nSPS) is 25.8. The van der Waals surface area contributed by atoms with Crippen molar-refractivity contribution in [2.75, 3.05) is 32.9 Å². The molecule has 1 aromatic carbocycles. The number of guanidine groups is 1. The van der Waals surface area contributed by atoms with Crippen LogP contribution < -0.4 is 10.5 Å². The molecule has 21 heavy (non-hydrogen) atoms. The van der Waals surface area contributed by atoms with E-state index in [1.807, 2.05) is 19.1 Å². The minimum Gasteiger partial charge on any atom is -0.494 e. The van der Waals surface area contributed by atoms with Gasteiger partial charge in [-0.1, -0.05) is 12.1 Å². The Hall–Kier alpha value is -1.75. The number of benzene rings is 1. The van der Waals surface area contributed by atoms with Crippen LogP contribution in [0.1, 0.15) is 24.8 Å². The van der Waals surface area contributed by atoms with Gasteiger partial charge in [-0.2, -0.15) is 0 Å². The van der Waals surface area contributed by atoms with E-state index in [0.29, 0.717) is 24.5 Å². The first-order valence-corrected chi connectivity index (χ1v) is 7.66. The van der Waals surface area contributed by atoms with Gasteiger partial charge in [0.1, 0.15) is 5.75 Å². The first-order chi connectivity index (χ1) is 10.3. The molecule has 0 radical (unpaired) electrons. The van der Waals surface area contributed by atoms with Crippen LogP contribution >= 0.6 is 0 Å². The zero-order chi connectivity index (χ0) is 14.7. The maximum absolute atomic E-state index is 6.10. The largest absolute Gasteiger partial charge is 0.494 e. The second kappa shape index (κ2) is 6.35. The lowest BCUT2D eigenvalue weighted by molar-refractivity contribution is 0.0674. The van der Waals surface area contributed by atoms with Crippen LogP contribution in [0.25, 0.3) is 0 Å². The zero-order valence-corrected chi connectivity index (χ0v) is 12.5. The molecule has 0 aromatic heterocycles. The standard InChI is InChI=1S/C16H23N3O2/c1-2-21-13-5-3-4-12(10-13)14-11-15(14)18-16(17)19-6-8-20-9-7-19/h3-5,10,14-15H,2,6-9,11H2,1H3,(H2,17,18)/t14-,15+/m0/s1. The lowest BCUT2D eigenvalue weighted by Crippen LogP contribution is -2.45. The van der Waals surface area contributed by atoms with Gasteiger partial charge in [0.05, 0.1) is 25.9 Å². The van der Waals surface area contributed by atoms with Gasteiger partial charge in [-0.15, -0.1) is 0 Å². The molecule has 114 valence electrons. The maximum Gasteiger partial charge on any atom is 0.191 e.